The van der Waals surface area contributed by atoms with Crippen molar-refractivity contribution in [2.24, 2.45) is 0 Å². The highest BCUT2D eigenvalue weighted by Gasteiger charge is 2.30. The van der Waals surface area contributed by atoms with Gasteiger partial charge in [-0.1, -0.05) is 0 Å². The summed E-state index contributed by atoms with van der Waals surface area (Å²) in [7, 11) is 1.76. The van der Waals surface area contributed by atoms with Gasteiger partial charge in [0.2, 0.25) is 0 Å². The summed E-state index contributed by atoms with van der Waals surface area (Å²) in [5.74, 6) is 0. The van der Waals surface area contributed by atoms with E-state index in [1.54, 1.807) is 7.11 Å². The Morgan fingerprint density at radius 1 is 1.44 bits per heavy atom. The maximum Gasteiger partial charge on any atom is 0.185 e. The third-order valence-corrected chi connectivity index (χ3v) is 4.49. The number of thiazole rings is 1. The van der Waals surface area contributed by atoms with E-state index in [1.165, 1.54) is 35.7 Å². The normalized spacial score (nSPS) is 19.2. The fourth-order valence-corrected chi connectivity index (χ4v) is 3.01. The van der Waals surface area contributed by atoms with E-state index < -0.39 is 0 Å². The molecular weight excluding hydrogens is 246 g/mol. The lowest BCUT2D eigenvalue weighted by molar-refractivity contribution is 0.205. The SMILES string of the molecule is COCCN(c1ncc(CNC2CC2)s1)C1CC1. The van der Waals surface area contributed by atoms with Crippen LogP contribution in [0.5, 0.6) is 0 Å². The zero-order chi connectivity index (χ0) is 12.4. The smallest absolute Gasteiger partial charge is 0.185 e. The van der Waals surface area contributed by atoms with E-state index in [2.05, 4.69) is 15.2 Å². The Kier molecular flexibility index (Phi) is 3.82. The Morgan fingerprint density at radius 2 is 2.28 bits per heavy atom. The average Bonchev–Trinajstić information content (AvgIpc) is 3.28. The van der Waals surface area contributed by atoms with Crippen LogP contribution in [0, 0.1) is 0 Å². The number of nitrogens with zero attached hydrogens (tertiary/aromatic N) is 2. The van der Waals surface area contributed by atoms with E-state index in [4.69, 9.17) is 4.74 Å². The monoisotopic (exact) mass is 267 g/mol. The highest BCUT2D eigenvalue weighted by atomic mass is 32.1. The van der Waals surface area contributed by atoms with Crippen LogP contribution in [-0.4, -0.2) is 37.3 Å². The lowest BCUT2D eigenvalue weighted by Crippen LogP contribution is -2.29. The van der Waals surface area contributed by atoms with Crippen LogP contribution in [0.1, 0.15) is 30.6 Å². The number of hydrogen-bond acceptors (Lipinski definition) is 5. The second-order valence-corrected chi connectivity index (χ2v) is 6.28. The van der Waals surface area contributed by atoms with Gasteiger partial charge in [0.15, 0.2) is 5.13 Å². The Morgan fingerprint density at radius 3 is 2.94 bits per heavy atom. The maximum atomic E-state index is 5.19. The predicted molar refractivity (Wildman–Crippen MR) is 74.2 cm³/mol. The molecule has 1 aromatic heterocycles. The van der Waals surface area contributed by atoms with Crippen molar-refractivity contribution >= 4 is 16.5 Å². The first-order valence-corrected chi connectivity index (χ1v) is 7.62. The van der Waals surface area contributed by atoms with E-state index in [-0.39, 0.29) is 0 Å². The summed E-state index contributed by atoms with van der Waals surface area (Å²) in [6.07, 6.45) is 7.32. The third kappa shape index (κ3) is 3.22. The quantitative estimate of drug-likeness (QED) is 0.782. The summed E-state index contributed by atoms with van der Waals surface area (Å²) < 4.78 is 5.19. The molecule has 0 aliphatic heterocycles. The lowest BCUT2D eigenvalue weighted by Gasteiger charge is -2.20. The van der Waals surface area contributed by atoms with Crippen LogP contribution in [0.15, 0.2) is 6.20 Å². The number of rotatable bonds is 8. The van der Waals surface area contributed by atoms with Gasteiger partial charge >= 0.3 is 0 Å². The van der Waals surface area contributed by atoms with Crippen molar-refractivity contribution in [1.29, 1.82) is 0 Å². The summed E-state index contributed by atoms with van der Waals surface area (Å²) in [6.45, 7) is 2.72. The van der Waals surface area contributed by atoms with Crippen LogP contribution in [0.4, 0.5) is 5.13 Å². The lowest BCUT2D eigenvalue weighted by atomic mass is 10.5. The molecule has 1 N–H and O–H groups in total. The van der Waals surface area contributed by atoms with Gasteiger partial charge in [-0.25, -0.2) is 4.98 Å². The Balaban J connectivity index is 1.57. The fourth-order valence-electron chi connectivity index (χ4n) is 2.05. The molecule has 1 heterocycles. The van der Waals surface area contributed by atoms with E-state index in [0.717, 1.165) is 25.7 Å². The van der Waals surface area contributed by atoms with Crippen molar-refractivity contribution in [1.82, 2.24) is 10.3 Å². The minimum Gasteiger partial charge on any atom is -0.383 e. The van der Waals surface area contributed by atoms with Gasteiger partial charge in [0.25, 0.3) is 0 Å². The molecule has 2 fully saturated rings. The van der Waals surface area contributed by atoms with Gasteiger partial charge in [-0.3, -0.25) is 0 Å². The van der Waals surface area contributed by atoms with E-state index in [9.17, 15) is 0 Å². The predicted octanol–water partition coefficient (Wildman–Crippen LogP) is 2.01. The molecule has 5 heteroatoms. The Bertz CT molecular complexity index is 387. The van der Waals surface area contributed by atoms with Crippen molar-refractivity contribution in [3.63, 3.8) is 0 Å². The molecule has 0 spiro atoms. The van der Waals surface area contributed by atoms with Gasteiger partial charge in [-0.05, 0) is 25.7 Å². The van der Waals surface area contributed by atoms with Crippen molar-refractivity contribution in [2.45, 2.75) is 44.3 Å². The third-order valence-electron chi connectivity index (χ3n) is 3.45. The molecule has 3 rings (SSSR count). The Hall–Kier alpha value is -0.650. The molecule has 0 radical (unpaired) electrons. The van der Waals surface area contributed by atoms with Gasteiger partial charge in [-0.15, -0.1) is 11.3 Å². The number of aromatic nitrogens is 1. The van der Waals surface area contributed by atoms with Crippen molar-refractivity contribution in [2.75, 3.05) is 25.2 Å². The van der Waals surface area contributed by atoms with Crippen molar-refractivity contribution in [3.05, 3.63) is 11.1 Å². The molecule has 100 valence electrons. The molecule has 0 aromatic carbocycles. The molecule has 0 amide bonds. The molecule has 0 saturated heterocycles. The zero-order valence-electron chi connectivity index (χ0n) is 10.9. The first-order valence-electron chi connectivity index (χ1n) is 6.80. The molecule has 18 heavy (non-hydrogen) atoms. The molecule has 2 saturated carbocycles. The molecule has 0 atom stereocenters. The first kappa shape index (κ1) is 12.4. The Labute approximate surface area is 112 Å². The van der Waals surface area contributed by atoms with Crippen LogP contribution in [0.25, 0.3) is 0 Å². The highest BCUT2D eigenvalue weighted by molar-refractivity contribution is 7.15. The second-order valence-electron chi connectivity index (χ2n) is 5.18. The number of anilines is 1. The molecule has 4 nitrogen and oxygen atoms in total. The molecule has 2 aliphatic rings. The molecular formula is C13H21N3OS. The number of hydrogen-bond donors (Lipinski definition) is 1. The molecule has 0 bridgehead atoms. The van der Waals surface area contributed by atoms with Gasteiger partial charge in [0, 0.05) is 43.4 Å². The first-order chi connectivity index (χ1) is 8.86. The van der Waals surface area contributed by atoms with Crippen LogP contribution in [0.2, 0.25) is 0 Å². The van der Waals surface area contributed by atoms with Crippen molar-refractivity contribution in [3.8, 4) is 0 Å². The highest BCUT2D eigenvalue weighted by Crippen LogP contribution is 2.34. The standard InChI is InChI=1S/C13H21N3OS/c1-17-7-6-16(11-4-5-11)13-15-9-12(18-13)8-14-10-2-3-10/h9-11,14H,2-8H2,1H3. The van der Waals surface area contributed by atoms with E-state index >= 15 is 0 Å². The average molecular weight is 267 g/mol. The summed E-state index contributed by atoms with van der Waals surface area (Å²) in [4.78, 5) is 8.34. The van der Waals surface area contributed by atoms with Gasteiger partial charge in [-0.2, -0.15) is 0 Å². The second kappa shape index (κ2) is 5.55. The van der Waals surface area contributed by atoms with Gasteiger partial charge in [0.05, 0.1) is 6.61 Å². The number of nitrogens with one attached hydrogen (secondary N) is 1. The summed E-state index contributed by atoms with van der Waals surface area (Å²) >= 11 is 1.83. The number of ether oxygens (including phenoxy) is 1. The molecule has 1 aromatic rings. The van der Waals surface area contributed by atoms with Gasteiger partial charge < -0.3 is 15.0 Å². The van der Waals surface area contributed by atoms with Gasteiger partial charge in [0.1, 0.15) is 0 Å². The summed E-state index contributed by atoms with van der Waals surface area (Å²) in [5.41, 5.74) is 0. The summed E-state index contributed by atoms with van der Waals surface area (Å²) in [6, 6.07) is 1.47. The molecule has 2 aliphatic carbocycles. The van der Waals surface area contributed by atoms with Crippen LogP contribution in [-0.2, 0) is 11.3 Å². The molecule has 0 unspecified atom stereocenters. The topological polar surface area (TPSA) is 37.4 Å². The summed E-state index contributed by atoms with van der Waals surface area (Å²) in [5, 5.41) is 4.71. The van der Waals surface area contributed by atoms with Crippen molar-refractivity contribution < 1.29 is 4.74 Å². The van der Waals surface area contributed by atoms with E-state index in [0.29, 0.717) is 6.04 Å². The number of methoxy groups -OCH3 is 1. The minimum atomic E-state index is 0.704. The van der Waals surface area contributed by atoms with Crippen LogP contribution in [0.3, 0.4) is 0 Å². The zero-order valence-corrected chi connectivity index (χ0v) is 11.7. The maximum absolute atomic E-state index is 5.19. The largest absolute Gasteiger partial charge is 0.383 e. The van der Waals surface area contributed by atoms with Crippen LogP contribution >= 0.6 is 11.3 Å². The fraction of sp³-hybridized carbons (Fsp3) is 0.769. The van der Waals surface area contributed by atoms with E-state index in [1.807, 2.05) is 17.5 Å². The minimum absolute atomic E-state index is 0.704. The van der Waals surface area contributed by atoms with Crippen LogP contribution < -0.4 is 10.2 Å².